The summed E-state index contributed by atoms with van der Waals surface area (Å²) in [6.45, 7) is 0. The molecule has 3 aromatic carbocycles. The van der Waals surface area contributed by atoms with Crippen molar-refractivity contribution in [2.75, 3.05) is 5.32 Å². The number of primary sulfonamides is 1. The molecule has 144 valence electrons. The summed E-state index contributed by atoms with van der Waals surface area (Å²) in [7, 11) is -3.77. The van der Waals surface area contributed by atoms with Crippen LogP contribution in [0.15, 0.2) is 81.4 Å². The Bertz CT molecular complexity index is 1140. The highest BCUT2D eigenvalue weighted by atomic mass is 35.5. The summed E-state index contributed by atoms with van der Waals surface area (Å²) in [4.78, 5) is 14.1. The van der Waals surface area contributed by atoms with Crippen molar-refractivity contribution in [2.45, 2.75) is 14.7 Å². The number of hydrogen-bond acceptors (Lipinski definition) is 4. The third-order valence-electron chi connectivity index (χ3n) is 3.69. The highest BCUT2D eigenvalue weighted by Gasteiger charge is 2.14. The van der Waals surface area contributed by atoms with Gasteiger partial charge in [-0.05, 0) is 54.6 Å². The van der Waals surface area contributed by atoms with E-state index in [1.54, 1.807) is 36.4 Å². The molecule has 0 atom stereocenters. The number of nitrogens with one attached hydrogen (secondary N) is 1. The van der Waals surface area contributed by atoms with Crippen molar-refractivity contribution < 1.29 is 17.6 Å². The summed E-state index contributed by atoms with van der Waals surface area (Å²) < 4.78 is 36.0. The number of hydrogen-bond donors (Lipinski definition) is 2. The van der Waals surface area contributed by atoms with Crippen molar-refractivity contribution in [2.24, 2.45) is 5.14 Å². The second-order valence-electron chi connectivity index (χ2n) is 5.70. The van der Waals surface area contributed by atoms with Crippen molar-refractivity contribution in [1.29, 1.82) is 0 Å². The van der Waals surface area contributed by atoms with E-state index in [1.165, 1.54) is 42.1 Å². The zero-order valence-corrected chi connectivity index (χ0v) is 16.6. The Morgan fingerprint density at radius 2 is 1.71 bits per heavy atom. The van der Waals surface area contributed by atoms with Crippen molar-refractivity contribution in [3.05, 3.63) is 83.1 Å². The van der Waals surface area contributed by atoms with Crippen LogP contribution < -0.4 is 10.5 Å². The number of carbonyl (C=O) groups excluding carboxylic acids is 1. The van der Waals surface area contributed by atoms with Crippen LogP contribution in [0.5, 0.6) is 0 Å². The van der Waals surface area contributed by atoms with E-state index in [0.717, 1.165) is 4.90 Å². The predicted molar refractivity (Wildman–Crippen MR) is 108 cm³/mol. The van der Waals surface area contributed by atoms with Crippen LogP contribution in [0, 0.1) is 5.82 Å². The number of amides is 1. The van der Waals surface area contributed by atoms with Crippen molar-refractivity contribution in [1.82, 2.24) is 0 Å². The topological polar surface area (TPSA) is 89.3 Å². The van der Waals surface area contributed by atoms with E-state index in [2.05, 4.69) is 5.32 Å². The molecule has 9 heteroatoms. The van der Waals surface area contributed by atoms with E-state index in [0.29, 0.717) is 16.1 Å². The van der Waals surface area contributed by atoms with Crippen LogP contribution in [-0.2, 0) is 10.0 Å². The van der Waals surface area contributed by atoms with Crippen LogP contribution in [0.3, 0.4) is 0 Å². The maximum Gasteiger partial charge on any atom is 0.256 e. The van der Waals surface area contributed by atoms with Crippen LogP contribution in [0.25, 0.3) is 0 Å². The highest BCUT2D eigenvalue weighted by Crippen LogP contribution is 2.31. The predicted octanol–water partition coefficient (Wildman–Crippen LogP) is 4.53. The second-order valence-corrected chi connectivity index (χ2v) is 8.78. The zero-order valence-electron chi connectivity index (χ0n) is 14.2. The van der Waals surface area contributed by atoms with Gasteiger partial charge in [0.1, 0.15) is 5.82 Å². The molecule has 0 saturated carbocycles. The first-order valence-corrected chi connectivity index (χ1v) is 10.6. The minimum atomic E-state index is -3.77. The number of carbonyl (C=O) groups is 1. The summed E-state index contributed by atoms with van der Waals surface area (Å²) in [6.07, 6.45) is 0. The fourth-order valence-corrected chi connectivity index (χ4v) is 3.98. The molecular formula is C19H14ClFN2O3S2. The minimum Gasteiger partial charge on any atom is -0.322 e. The van der Waals surface area contributed by atoms with Crippen LogP contribution in [0.1, 0.15) is 10.4 Å². The van der Waals surface area contributed by atoms with Gasteiger partial charge in [0.25, 0.3) is 5.91 Å². The first-order chi connectivity index (χ1) is 13.2. The molecule has 0 saturated heterocycles. The van der Waals surface area contributed by atoms with Crippen LogP contribution in [0.4, 0.5) is 10.1 Å². The van der Waals surface area contributed by atoms with E-state index in [4.69, 9.17) is 16.7 Å². The Labute approximate surface area is 170 Å². The average Bonchev–Trinajstić information content (AvgIpc) is 2.65. The minimum absolute atomic E-state index is 0.0102. The molecule has 0 aliphatic carbocycles. The van der Waals surface area contributed by atoms with Gasteiger partial charge in [-0.15, -0.1) is 0 Å². The molecule has 3 N–H and O–H groups in total. The van der Waals surface area contributed by atoms with Gasteiger partial charge in [0, 0.05) is 15.5 Å². The summed E-state index contributed by atoms with van der Waals surface area (Å²) >= 11 is 7.04. The molecule has 0 spiro atoms. The molecule has 3 rings (SSSR count). The van der Waals surface area contributed by atoms with Gasteiger partial charge < -0.3 is 5.32 Å². The molecule has 5 nitrogen and oxygen atoms in total. The average molecular weight is 437 g/mol. The van der Waals surface area contributed by atoms with Crippen molar-refractivity contribution in [3.63, 3.8) is 0 Å². The standard InChI is InChI=1S/C19H14ClFN2O3S2/c20-16-11-12(5-10-17(16)21)23-19(24)15-3-1-2-4-18(15)27-13-6-8-14(9-7-13)28(22,25)26/h1-11H,(H,23,24)(H2,22,25,26). The smallest absolute Gasteiger partial charge is 0.256 e. The lowest BCUT2D eigenvalue weighted by Crippen LogP contribution is -2.13. The first kappa shape index (κ1) is 20.3. The van der Waals surface area contributed by atoms with Gasteiger partial charge in [0.2, 0.25) is 10.0 Å². The fraction of sp³-hybridized carbons (Fsp3) is 0. The van der Waals surface area contributed by atoms with Gasteiger partial charge in [0.05, 0.1) is 15.5 Å². The second kappa shape index (κ2) is 8.32. The number of sulfonamides is 1. The molecule has 0 aliphatic heterocycles. The zero-order chi connectivity index (χ0) is 20.3. The molecule has 3 aromatic rings. The summed E-state index contributed by atoms with van der Waals surface area (Å²) in [5, 5.41) is 7.69. The SMILES string of the molecule is NS(=O)(=O)c1ccc(Sc2ccccc2C(=O)Nc2ccc(F)c(Cl)c2)cc1. The van der Waals surface area contributed by atoms with Gasteiger partial charge in [0.15, 0.2) is 0 Å². The number of rotatable bonds is 5. The molecule has 0 unspecified atom stereocenters. The Morgan fingerprint density at radius 3 is 2.36 bits per heavy atom. The molecule has 1 amide bonds. The summed E-state index contributed by atoms with van der Waals surface area (Å²) in [5.41, 5.74) is 0.775. The molecule has 0 bridgehead atoms. The van der Waals surface area contributed by atoms with Gasteiger partial charge in [-0.25, -0.2) is 17.9 Å². The first-order valence-electron chi connectivity index (χ1n) is 7.90. The molecule has 28 heavy (non-hydrogen) atoms. The molecule has 0 aliphatic rings. The Balaban J connectivity index is 1.82. The monoisotopic (exact) mass is 436 g/mol. The van der Waals surface area contributed by atoms with E-state index in [9.17, 15) is 17.6 Å². The van der Waals surface area contributed by atoms with Crippen LogP contribution >= 0.6 is 23.4 Å². The van der Waals surface area contributed by atoms with Crippen molar-refractivity contribution in [3.8, 4) is 0 Å². The van der Waals surface area contributed by atoms with E-state index < -0.39 is 15.8 Å². The Hall–Kier alpha value is -2.39. The third-order valence-corrected chi connectivity index (χ3v) is 5.99. The summed E-state index contributed by atoms with van der Waals surface area (Å²) in [5.74, 6) is -0.953. The molecular weight excluding hydrogens is 423 g/mol. The van der Waals surface area contributed by atoms with Gasteiger partial charge in [-0.3, -0.25) is 4.79 Å². The summed E-state index contributed by atoms with van der Waals surface area (Å²) in [6, 6.07) is 16.9. The quantitative estimate of drug-likeness (QED) is 0.614. The van der Waals surface area contributed by atoms with Gasteiger partial charge in [-0.1, -0.05) is 35.5 Å². The lowest BCUT2D eigenvalue weighted by molar-refractivity contribution is 0.102. The molecule has 0 fully saturated rings. The number of benzene rings is 3. The lowest BCUT2D eigenvalue weighted by Gasteiger charge is -2.10. The van der Waals surface area contributed by atoms with E-state index >= 15 is 0 Å². The molecule has 0 radical (unpaired) electrons. The maximum absolute atomic E-state index is 13.3. The molecule has 0 aromatic heterocycles. The normalized spacial score (nSPS) is 11.2. The number of halogens is 2. The lowest BCUT2D eigenvalue weighted by atomic mass is 10.2. The Morgan fingerprint density at radius 1 is 1.04 bits per heavy atom. The highest BCUT2D eigenvalue weighted by molar-refractivity contribution is 7.99. The molecule has 0 heterocycles. The maximum atomic E-state index is 13.3. The van der Waals surface area contributed by atoms with Gasteiger partial charge >= 0.3 is 0 Å². The Kier molecular flexibility index (Phi) is 6.04. The van der Waals surface area contributed by atoms with E-state index in [1.807, 2.05) is 0 Å². The van der Waals surface area contributed by atoms with Gasteiger partial charge in [-0.2, -0.15) is 0 Å². The fourth-order valence-electron chi connectivity index (χ4n) is 2.34. The number of nitrogens with two attached hydrogens (primary N) is 1. The largest absolute Gasteiger partial charge is 0.322 e. The van der Waals surface area contributed by atoms with Crippen LogP contribution in [0.2, 0.25) is 5.02 Å². The van der Waals surface area contributed by atoms with E-state index in [-0.39, 0.29) is 15.8 Å². The van der Waals surface area contributed by atoms with Crippen LogP contribution in [-0.4, -0.2) is 14.3 Å². The van der Waals surface area contributed by atoms with Crippen molar-refractivity contribution >= 4 is 45.0 Å². The number of anilines is 1. The third kappa shape index (κ3) is 4.90.